The first-order valence-corrected chi connectivity index (χ1v) is 9.46. The van der Waals surface area contributed by atoms with Gasteiger partial charge in [-0.2, -0.15) is 5.10 Å². The van der Waals surface area contributed by atoms with Crippen LogP contribution in [0.2, 0.25) is 0 Å². The van der Waals surface area contributed by atoms with Crippen LogP contribution in [-0.2, 0) is 13.0 Å². The molecule has 148 valence electrons. The minimum atomic E-state index is -0.221. The molecule has 0 saturated carbocycles. The molecule has 0 atom stereocenters. The molecule has 3 rings (SSSR count). The maximum Gasteiger partial charge on any atom is 0.323 e. The number of nitrogens with one attached hydrogen (secondary N) is 1. The van der Waals surface area contributed by atoms with E-state index >= 15 is 0 Å². The molecule has 3 aromatic rings. The third kappa shape index (κ3) is 3.90. The first-order chi connectivity index (χ1) is 13.4. The van der Waals surface area contributed by atoms with Crippen molar-refractivity contribution in [3.05, 3.63) is 53.7 Å². The summed E-state index contributed by atoms with van der Waals surface area (Å²) in [7, 11) is 1.74. The van der Waals surface area contributed by atoms with Crippen LogP contribution in [0.1, 0.15) is 43.9 Å². The number of hydrogen-bond donors (Lipinski definition) is 1. The van der Waals surface area contributed by atoms with E-state index in [0.717, 1.165) is 29.2 Å². The van der Waals surface area contributed by atoms with E-state index in [0.29, 0.717) is 12.4 Å². The van der Waals surface area contributed by atoms with Crippen molar-refractivity contribution in [2.24, 2.45) is 0 Å². The number of aromatic nitrogens is 5. The number of amides is 2. The number of urea groups is 1. The normalized spacial score (nSPS) is 11.1. The first kappa shape index (κ1) is 19.6. The highest BCUT2D eigenvalue weighted by Crippen LogP contribution is 2.24. The number of benzene rings is 1. The van der Waals surface area contributed by atoms with Crippen LogP contribution < -0.4 is 5.32 Å². The van der Waals surface area contributed by atoms with Crippen LogP contribution in [0.25, 0.3) is 5.69 Å². The summed E-state index contributed by atoms with van der Waals surface area (Å²) in [5.74, 6) is 1.43. The van der Waals surface area contributed by atoms with Gasteiger partial charge in [-0.1, -0.05) is 25.1 Å². The van der Waals surface area contributed by atoms with E-state index in [-0.39, 0.29) is 12.1 Å². The van der Waals surface area contributed by atoms with E-state index < -0.39 is 0 Å². The van der Waals surface area contributed by atoms with Gasteiger partial charge in [-0.25, -0.2) is 9.48 Å². The molecule has 8 heteroatoms. The third-order valence-corrected chi connectivity index (χ3v) is 4.71. The summed E-state index contributed by atoms with van der Waals surface area (Å²) in [5, 5.41) is 15.8. The molecule has 0 aliphatic rings. The second-order valence-electron chi connectivity index (χ2n) is 7.06. The Kier molecular flexibility index (Phi) is 5.77. The van der Waals surface area contributed by atoms with E-state index in [2.05, 4.69) is 41.4 Å². The smallest absolute Gasteiger partial charge is 0.320 e. The molecule has 28 heavy (non-hydrogen) atoms. The SMILES string of the molecule is CCc1nn(-c2ccccc2)c(NC(=O)N(C)Cc2nncn2C(C)C)c1C. The second-order valence-corrected chi connectivity index (χ2v) is 7.06. The minimum absolute atomic E-state index is 0.221. The van der Waals surface area contributed by atoms with Gasteiger partial charge in [0.05, 0.1) is 17.9 Å². The molecule has 2 heterocycles. The summed E-state index contributed by atoms with van der Waals surface area (Å²) in [6.07, 6.45) is 2.48. The quantitative estimate of drug-likeness (QED) is 0.708. The molecule has 1 N–H and O–H groups in total. The lowest BCUT2D eigenvalue weighted by Crippen LogP contribution is -2.33. The summed E-state index contributed by atoms with van der Waals surface area (Å²) < 4.78 is 3.75. The van der Waals surface area contributed by atoms with Crippen molar-refractivity contribution in [1.82, 2.24) is 29.4 Å². The van der Waals surface area contributed by atoms with E-state index in [9.17, 15) is 4.79 Å². The molecule has 0 aliphatic carbocycles. The van der Waals surface area contributed by atoms with E-state index in [1.54, 1.807) is 23.0 Å². The molecule has 0 unspecified atom stereocenters. The van der Waals surface area contributed by atoms with Crippen molar-refractivity contribution in [2.45, 2.75) is 46.7 Å². The lowest BCUT2D eigenvalue weighted by molar-refractivity contribution is 0.218. The van der Waals surface area contributed by atoms with Crippen LogP contribution in [0.5, 0.6) is 0 Å². The van der Waals surface area contributed by atoms with E-state index in [1.165, 1.54) is 0 Å². The first-order valence-electron chi connectivity index (χ1n) is 9.46. The lowest BCUT2D eigenvalue weighted by atomic mass is 10.2. The number of nitrogens with zero attached hydrogens (tertiary/aromatic N) is 6. The Hall–Kier alpha value is -3.16. The van der Waals surface area contributed by atoms with Gasteiger partial charge >= 0.3 is 6.03 Å². The summed E-state index contributed by atoms with van der Waals surface area (Å²) in [4.78, 5) is 14.5. The number of hydrogen-bond acceptors (Lipinski definition) is 4. The standard InChI is InChI=1S/C20H27N7O/c1-6-17-15(4)19(27(24-17)16-10-8-7-9-11-16)22-20(28)25(5)12-18-23-21-13-26(18)14(2)3/h7-11,13-14H,6,12H2,1-5H3,(H,22,28). The van der Waals surface area contributed by atoms with E-state index in [1.807, 2.05) is 41.8 Å². The largest absolute Gasteiger partial charge is 0.323 e. The third-order valence-electron chi connectivity index (χ3n) is 4.71. The average Bonchev–Trinajstić information content (AvgIpc) is 3.27. The van der Waals surface area contributed by atoms with Crippen LogP contribution >= 0.6 is 0 Å². The molecule has 1 aromatic carbocycles. The van der Waals surface area contributed by atoms with Gasteiger partial charge in [0.15, 0.2) is 5.82 Å². The molecular weight excluding hydrogens is 354 g/mol. The highest BCUT2D eigenvalue weighted by molar-refractivity contribution is 5.89. The highest BCUT2D eigenvalue weighted by atomic mass is 16.2. The van der Waals surface area contributed by atoms with Gasteiger partial charge in [0, 0.05) is 18.7 Å². The van der Waals surface area contributed by atoms with Gasteiger partial charge in [0.25, 0.3) is 0 Å². The van der Waals surface area contributed by atoms with E-state index in [4.69, 9.17) is 0 Å². The number of aryl methyl sites for hydroxylation is 1. The molecule has 0 radical (unpaired) electrons. The van der Waals surface area contributed by atoms with Crippen molar-refractivity contribution < 1.29 is 4.79 Å². The van der Waals surface area contributed by atoms with Crippen molar-refractivity contribution in [2.75, 3.05) is 12.4 Å². The molecule has 0 aliphatic heterocycles. The molecule has 2 amide bonds. The molecule has 0 spiro atoms. The van der Waals surface area contributed by atoms with Crippen molar-refractivity contribution in [3.8, 4) is 5.69 Å². The summed E-state index contributed by atoms with van der Waals surface area (Å²) in [6, 6.07) is 9.81. The van der Waals surface area contributed by atoms with Crippen LogP contribution in [-0.4, -0.2) is 42.5 Å². The average molecular weight is 381 g/mol. The molecule has 0 bridgehead atoms. The number of rotatable bonds is 6. The Morgan fingerprint density at radius 2 is 1.96 bits per heavy atom. The Labute approximate surface area is 165 Å². The molecule has 2 aromatic heterocycles. The number of anilines is 1. The molecular formula is C20H27N7O. The Morgan fingerprint density at radius 3 is 2.61 bits per heavy atom. The number of carbonyl (C=O) groups excluding carboxylic acids is 1. The zero-order chi connectivity index (χ0) is 20.3. The van der Waals surface area contributed by atoms with Crippen LogP contribution in [0.15, 0.2) is 36.7 Å². The Morgan fingerprint density at radius 1 is 1.25 bits per heavy atom. The van der Waals surface area contributed by atoms with Gasteiger partial charge in [0.2, 0.25) is 0 Å². The fraction of sp³-hybridized carbons (Fsp3) is 0.400. The maximum absolute atomic E-state index is 12.9. The van der Waals surface area contributed by atoms with Crippen molar-refractivity contribution in [1.29, 1.82) is 0 Å². The molecule has 0 saturated heterocycles. The van der Waals surface area contributed by atoms with Crippen LogP contribution in [0.3, 0.4) is 0 Å². The monoisotopic (exact) mass is 381 g/mol. The molecule has 0 fully saturated rings. The summed E-state index contributed by atoms with van der Waals surface area (Å²) in [5.41, 5.74) is 2.84. The molecule has 8 nitrogen and oxygen atoms in total. The lowest BCUT2D eigenvalue weighted by Gasteiger charge is -2.19. The summed E-state index contributed by atoms with van der Waals surface area (Å²) in [6.45, 7) is 8.52. The number of para-hydroxylation sites is 1. The minimum Gasteiger partial charge on any atom is -0.320 e. The zero-order valence-corrected chi connectivity index (χ0v) is 17.0. The van der Waals surface area contributed by atoms with Gasteiger partial charge in [-0.15, -0.1) is 10.2 Å². The van der Waals surface area contributed by atoms with Crippen LogP contribution in [0.4, 0.5) is 10.6 Å². The highest BCUT2D eigenvalue weighted by Gasteiger charge is 2.20. The van der Waals surface area contributed by atoms with Gasteiger partial charge in [-0.05, 0) is 39.3 Å². The Bertz CT molecular complexity index is 943. The van der Waals surface area contributed by atoms with Crippen molar-refractivity contribution in [3.63, 3.8) is 0 Å². The second kappa shape index (κ2) is 8.24. The van der Waals surface area contributed by atoms with Gasteiger partial charge in [-0.3, -0.25) is 5.32 Å². The predicted octanol–water partition coefficient (Wildman–Crippen LogP) is 3.58. The summed E-state index contributed by atoms with van der Waals surface area (Å²) >= 11 is 0. The zero-order valence-electron chi connectivity index (χ0n) is 17.0. The van der Waals surface area contributed by atoms with Crippen LogP contribution in [0, 0.1) is 6.92 Å². The number of carbonyl (C=O) groups is 1. The van der Waals surface area contributed by atoms with Gasteiger partial charge < -0.3 is 9.47 Å². The predicted molar refractivity (Wildman–Crippen MR) is 109 cm³/mol. The topological polar surface area (TPSA) is 80.9 Å². The van der Waals surface area contributed by atoms with Crippen molar-refractivity contribution >= 4 is 11.8 Å². The maximum atomic E-state index is 12.9. The Balaban J connectivity index is 1.83. The van der Waals surface area contributed by atoms with Gasteiger partial charge in [0.1, 0.15) is 12.1 Å². The fourth-order valence-electron chi connectivity index (χ4n) is 3.07. The fourth-order valence-corrected chi connectivity index (χ4v) is 3.07.